The van der Waals surface area contributed by atoms with Gasteiger partial charge in [0.15, 0.2) is 11.6 Å². The fraction of sp³-hybridized carbons (Fsp3) is 0.448. The molecule has 0 bridgehead atoms. The Morgan fingerprint density at radius 1 is 1.03 bits per heavy atom. The van der Waals surface area contributed by atoms with E-state index in [4.69, 9.17) is 0 Å². The van der Waals surface area contributed by atoms with E-state index in [1.54, 1.807) is 6.07 Å². The van der Waals surface area contributed by atoms with Crippen molar-refractivity contribution in [2.75, 3.05) is 31.5 Å². The third-order valence-electron chi connectivity index (χ3n) is 8.32. The van der Waals surface area contributed by atoms with Gasteiger partial charge in [-0.05, 0) is 82.8 Å². The molecule has 1 spiro atoms. The predicted octanol–water partition coefficient (Wildman–Crippen LogP) is 5.55. The van der Waals surface area contributed by atoms with Crippen molar-refractivity contribution in [2.45, 2.75) is 52.6 Å². The lowest BCUT2D eigenvalue weighted by molar-refractivity contribution is 0.223. The quantitative estimate of drug-likeness (QED) is 0.337. The maximum Gasteiger partial charge on any atom is 0.229 e. The van der Waals surface area contributed by atoms with Crippen molar-refractivity contribution in [3.05, 3.63) is 59.7 Å². The molecule has 39 heavy (non-hydrogen) atoms. The number of aryl methyl sites for hydroxylation is 1. The lowest BCUT2D eigenvalue weighted by Gasteiger charge is -2.27. The minimum atomic E-state index is -0.635. The van der Waals surface area contributed by atoms with Gasteiger partial charge in [-0.2, -0.15) is 0 Å². The van der Waals surface area contributed by atoms with Crippen LogP contribution in [0.15, 0.2) is 36.7 Å². The van der Waals surface area contributed by atoms with Crippen molar-refractivity contribution in [3.8, 4) is 11.3 Å². The van der Waals surface area contributed by atoms with Crippen LogP contribution in [-0.2, 0) is 0 Å². The number of anilines is 2. The highest BCUT2D eigenvalue weighted by Crippen LogP contribution is 2.39. The van der Waals surface area contributed by atoms with Gasteiger partial charge in [-0.15, -0.1) is 0 Å². The van der Waals surface area contributed by atoms with E-state index >= 15 is 0 Å². The Labute approximate surface area is 226 Å². The predicted molar refractivity (Wildman–Crippen MR) is 148 cm³/mol. The molecule has 2 N–H and O–H groups in total. The number of rotatable bonds is 6. The van der Waals surface area contributed by atoms with Gasteiger partial charge in [0.1, 0.15) is 22.9 Å². The van der Waals surface area contributed by atoms with Crippen LogP contribution in [0.3, 0.4) is 0 Å². The van der Waals surface area contributed by atoms with Crippen molar-refractivity contribution >= 4 is 22.8 Å². The number of benzene rings is 1. The molecule has 2 aliphatic rings. The van der Waals surface area contributed by atoms with Gasteiger partial charge in [-0.1, -0.05) is 6.07 Å². The first-order chi connectivity index (χ1) is 18.7. The van der Waals surface area contributed by atoms with Gasteiger partial charge in [0, 0.05) is 36.9 Å². The highest BCUT2D eigenvalue weighted by molar-refractivity contribution is 5.83. The van der Waals surface area contributed by atoms with Gasteiger partial charge in [0.05, 0.1) is 11.7 Å². The number of halogens is 2. The Bertz CT molecular complexity index is 1510. The van der Waals surface area contributed by atoms with Crippen LogP contribution in [-0.4, -0.2) is 55.6 Å². The van der Waals surface area contributed by atoms with E-state index in [-0.39, 0.29) is 29.2 Å². The molecule has 5 heterocycles. The standard InChI is InChI=1S/C29H34F2N8/c1-17(2)39-19(4)35-27-22(30)11-21(12-24(27)39)26-23(31)14-34-28(37-26)36-25-6-5-20(13-33-25)18(3)38-10-8-29(16-38)7-9-32-15-29/h5-6,11-14,17-18,32H,7-10,15-16H2,1-4H3,(H,33,34,36,37). The first-order valence-corrected chi connectivity index (χ1v) is 13.6. The summed E-state index contributed by atoms with van der Waals surface area (Å²) in [5.74, 6) is 0.285. The summed E-state index contributed by atoms with van der Waals surface area (Å²) in [7, 11) is 0. The Kier molecular flexibility index (Phi) is 6.55. The molecule has 3 aromatic heterocycles. The summed E-state index contributed by atoms with van der Waals surface area (Å²) < 4.78 is 31.8. The van der Waals surface area contributed by atoms with Crippen molar-refractivity contribution in [2.24, 2.45) is 5.41 Å². The Hall–Kier alpha value is -3.50. The van der Waals surface area contributed by atoms with Crippen LogP contribution in [0.5, 0.6) is 0 Å². The molecule has 2 aliphatic heterocycles. The third kappa shape index (κ3) is 4.76. The van der Waals surface area contributed by atoms with Crippen LogP contribution in [0.1, 0.15) is 57.1 Å². The lowest BCUT2D eigenvalue weighted by atomic mass is 9.86. The first kappa shape index (κ1) is 25.8. The molecule has 0 aliphatic carbocycles. The summed E-state index contributed by atoms with van der Waals surface area (Å²) in [6, 6.07) is 7.28. The zero-order valence-corrected chi connectivity index (χ0v) is 22.8. The number of fused-ring (bicyclic) bond motifs is 1. The number of nitrogens with one attached hydrogen (secondary N) is 2. The zero-order valence-electron chi connectivity index (χ0n) is 22.8. The van der Waals surface area contributed by atoms with Crippen LogP contribution in [0.4, 0.5) is 20.5 Å². The van der Waals surface area contributed by atoms with Crippen molar-refractivity contribution in [1.29, 1.82) is 0 Å². The summed E-state index contributed by atoms with van der Waals surface area (Å²) in [6.45, 7) is 12.5. The molecule has 2 saturated heterocycles. The Morgan fingerprint density at radius 2 is 1.87 bits per heavy atom. The largest absolute Gasteiger partial charge is 0.326 e. The summed E-state index contributed by atoms with van der Waals surface area (Å²) in [5, 5.41) is 6.58. The second-order valence-corrected chi connectivity index (χ2v) is 11.3. The van der Waals surface area contributed by atoms with Crippen LogP contribution in [0.2, 0.25) is 0 Å². The minimum Gasteiger partial charge on any atom is -0.326 e. The maximum atomic E-state index is 15.0. The number of pyridine rings is 1. The SMILES string of the molecule is Cc1nc2c(F)cc(-c3nc(Nc4ccc(C(C)N5CCC6(CCNC6)C5)cn4)ncc3F)cc2n1C(C)C. The van der Waals surface area contributed by atoms with E-state index in [1.807, 2.05) is 37.6 Å². The molecule has 0 amide bonds. The van der Waals surface area contributed by atoms with Gasteiger partial charge in [0.25, 0.3) is 0 Å². The van der Waals surface area contributed by atoms with Crippen molar-refractivity contribution in [3.63, 3.8) is 0 Å². The topological polar surface area (TPSA) is 83.8 Å². The van der Waals surface area contributed by atoms with Gasteiger partial charge in [0.2, 0.25) is 5.95 Å². The number of aromatic nitrogens is 5. The smallest absolute Gasteiger partial charge is 0.229 e. The monoisotopic (exact) mass is 532 g/mol. The van der Waals surface area contributed by atoms with Crippen LogP contribution >= 0.6 is 0 Å². The molecule has 204 valence electrons. The summed E-state index contributed by atoms with van der Waals surface area (Å²) in [4.78, 5) is 19.9. The van der Waals surface area contributed by atoms with E-state index in [0.717, 1.165) is 37.9 Å². The van der Waals surface area contributed by atoms with Gasteiger partial charge < -0.3 is 15.2 Å². The number of hydrogen-bond donors (Lipinski definition) is 2. The Morgan fingerprint density at radius 3 is 2.59 bits per heavy atom. The normalized spacial score (nSPS) is 20.5. The maximum absolute atomic E-state index is 15.0. The van der Waals surface area contributed by atoms with Gasteiger partial charge in [-0.25, -0.2) is 28.7 Å². The van der Waals surface area contributed by atoms with Crippen LogP contribution in [0.25, 0.3) is 22.3 Å². The second-order valence-electron chi connectivity index (χ2n) is 11.3. The fourth-order valence-electron chi connectivity index (χ4n) is 6.18. The van der Waals surface area contributed by atoms with E-state index < -0.39 is 11.6 Å². The van der Waals surface area contributed by atoms with Crippen molar-refractivity contribution in [1.82, 2.24) is 34.7 Å². The summed E-state index contributed by atoms with van der Waals surface area (Å²) in [6.07, 6.45) is 5.44. The summed E-state index contributed by atoms with van der Waals surface area (Å²) >= 11 is 0. The molecule has 2 atom stereocenters. The molecule has 10 heteroatoms. The van der Waals surface area contributed by atoms with Gasteiger partial charge >= 0.3 is 0 Å². The highest BCUT2D eigenvalue weighted by atomic mass is 19.1. The first-order valence-electron chi connectivity index (χ1n) is 13.6. The van der Waals surface area contributed by atoms with E-state index in [1.165, 1.54) is 18.9 Å². The molecular formula is C29H34F2N8. The van der Waals surface area contributed by atoms with Crippen LogP contribution in [0, 0.1) is 24.0 Å². The van der Waals surface area contributed by atoms with Gasteiger partial charge in [-0.3, -0.25) is 4.90 Å². The van der Waals surface area contributed by atoms with Crippen LogP contribution < -0.4 is 10.6 Å². The Balaban J connectivity index is 1.22. The molecule has 0 saturated carbocycles. The number of nitrogens with zero attached hydrogens (tertiary/aromatic N) is 6. The summed E-state index contributed by atoms with van der Waals surface area (Å²) in [5.41, 5.74) is 2.76. The van der Waals surface area contributed by atoms with E-state index in [2.05, 4.69) is 48.5 Å². The third-order valence-corrected chi connectivity index (χ3v) is 8.32. The average molecular weight is 533 g/mol. The zero-order chi connectivity index (χ0) is 27.3. The van der Waals surface area contributed by atoms with E-state index in [0.29, 0.717) is 28.1 Å². The molecule has 8 nitrogen and oxygen atoms in total. The number of likely N-dealkylation sites (tertiary alicyclic amines) is 1. The molecule has 1 aromatic carbocycles. The molecule has 2 fully saturated rings. The molecule has 6 rings (SSSR count). The highest BCUT2D eigenvalue weighted by Gasteiger charge is 2.41. The average Bonchev–Trinajstić information content (AvgIpc) is 3.64. The molecule has 0 radical (unpaired) electrons. The van der Waals surface area contributed by atoms with E-state index in [9.17, 15) is 8.78 Å². The molecular weight excluding hydrogens is 498 g/mol. The molecule has 4 aromatic rings. The lowest BCUT2D eigenvalue weighted by Crippen LogP contribution is -2.30. The number of imidazole rings is 1. The van der Waals surface area contributed by atoms with Crippen molar-refractivity contribution < 1.29 is 8.78 Å². The molecule has 2 unspecified atom stereocenters. The fourth-order valence-corrected chi connectivity index (χ4v) is 6.18. The minimum absolute atomic E-state index is 0.0112. The second kappa shape index (κ2) is 9.91. The number of hydrogen-bond acceptors (Lipinski definition) is 7.